The number of benzene rings is 1. The minimum absolute atomic E-state index is 0.0107. The Morgan fingerprint density at radius 1 is 1.20 bits per heavy atom. The summed E-state index contributed by atoms with van der Waals surface area (Å²) >= 11 is 0. The zero-order valence-corrected chi connectivity index (χ0v) is 14.0. The van der Waals surface area contributed by atoms with Crippen LogP contribution in [0.2, 0.25) is 0 Å². The summed E-state index contributed by atoms with van der Waals surface area (Å²) in [5, 5.41) is 0. The molecule has 0 aliphatic heterocycles. The van der Waals surface area contributed by atoms with Crippen molar-refractivity contribution in [2.75, 3.05) is 13.1 Å². The normalized spacial score (nSPS) is 16.2. The second kappa shape index (κ2) is 7.21. The summed E-state index contributed by atoms with van der Waals surface area (Å²) in [5.74, 6) is 5.96. The lowest BCUT2D eigenvalue weighted by Crippen LogP contribution is -2.55. The van der Waals surface area contributed by atoms with E-state index in [1.807, 2.05) is 0 Å². The maximum absolute atomic E-state index is 5.96. The Labute approximate surface area is 124 Å². The Hall–Kier alpha value is -0.900. The van der Waals surface area contributed by atoms with Crippen LogP contribution in [0.4, 0.5) is 0 Å². The van der Waals surface area contributed by atoms with Gasteiger partial charge in [-0.2, -0.15) is 0 Å². The van der Waals surface area contributed by atoms with Crippen LogP contribution in [0.5, 0.6) is 0 Å². The smallest absolute Gasteiger partial charge is 0.0643 e. The van der Waals surface area contributed by atoms with Crippen LogP contribution in [0.15, 0.2) is 18.2 Å². The molecule has 1 rings (SSSR count). The number of rotatable bonds is 7. The maximum atomic E-state index is 5.96. The molecule has 0 fully saturated rings. The van der Waals surface area contributed by atoms with Crippen molar-refractivity contribution in [2.45, 2.75) is 59.5 Å². The van der Waals surface area contributed by atoms with E-state index >= 15 is 0 Å². The van der Waals surface area contributed by atoms with Crippen molar-refractivity contribution < 1.29 is 0 Å². The van der Waals surface area contributed by atoms with Crippen LogP contribution in [0.25, 0.3) is 0 Å². The number of aryl methyl sites for hydroxylation is 2. The molecule has 3 nitrogen and oxygen atoms in total. The van der Waals surface area contributed by atoms with E-state index in [4.69, 9.17) is 5.84 Å². The van der Waals surface area contributed by atoms with Crippen LogP contribution in [-0.2, 0) is 0 Å². The summed E-state index contributed by atoms with van der Waals surface area (Å²) in [6, 6.07) is 6.74. The van der Waals surface area contributed by atoms with Crippen LogP contribution >= 0.6 is 0 Å². The highest BCUT2D eigenvalue weighted by atomic mass is 15.3. The van der Waals surface area contributed by atoms with E-state index in [-0.39, 0.29) is 11.6 Å². The van der Waals surface area contributed by atoms with Gasteiger partial charge in [0.25, 0.3) is 0 Å². The third kappa shape index (κ3) is 3.22. The lowest BCUT2D eigenvalue weighted by atomic mass is 9.81. The van der Waals surface area contributed by atoms with Crippen LogP contribution in [0.3, 0.4) is 0 Å². The molecule has 0 saturated heterocycles. The third-order valence-electron chi connectivity index (χ3n) is 4.74. The van der Waals surface area contributed by atoms with Gasteiger partial charge in [0.15, 0.2) is 0 Å². The van der Waals surface area contributed by atoms with Crippen molar-refractivity contribution in [3.05, 3.63) is 34.9 Å². The van der Waals surface area contributed by atoms with Crippen LogP contribution in [0.1, 0.15) is 56.8 Å². The van der Waals surface area contributed by atoms with Gasteiger partial charge in [0.2, 0.25) is 0 Å². The highest BCUT2D eigenvalue weighted by Gasteiger charge is 2.38. The first-order chi connectivity index (χ1) is 9.44. The molecule has 20 heavy (non-hydrogen) atoms. The average molecular weight is 277 g/mol. The second-order valence-electron chi connectivity index (χ2n) is 5.84. The van der Waals surface area contributed by atoms with E-state index in [1.54, 1.807) is 0 Å². The Kier molecular flexibility index (Phi) is 6.18. The largest absolute Gasteiger partial charge is 0.297 e. The Morgan fingerprint density at radius 3 is 2.25 bits per heavy atom. The fourth-order valence-electron chi connectivity index (χ4n) is 3.23. The number of nitrogens with zero attached hydrogens (tertiary/aromatic N) is 1. The van der Waals surface area contributed by atoms with E-state index in [0.717, 1.165) is 19.5 Å². The lowest BCUT2D eigenvalue weighted by molar-refractivity contribution is 0.0696. The molecule has 0 bridgehead atoms. The molecular formula is C17H31N3. The fourth-order valence-corrected chi connectivity index (χ4v) is 3.23. The Morgan fingerprint density at radius 2 is 1.80 bits per heavy atom. The predicted octanol–water partition coefficient (Wildman–Crippen LogP) is 3.32. The number of hydrogen-bond acceptors (Lipinski definition) is 3. The second-order valence-corrected chi connectivity index (χ2v) is 5.84. The van der Waals surface area contributed by atoms with Gasteiger partial charge in [0, 0.05) is 5.54 Å². The number of hydrazine groups is 1. The van der Waals surface area contributed by atoms with E-state index in [2.05, 4.69) is 70.1 Å². The summed E-state index contributed by atoms with van der Waals surface area (Å²) < 4.78 is 0. The number of likely N-dealkylation sites (N-methyl/N-ethyl adjacent to an activating group) is 1. The first kappa shape index (κ1) is 17.2. The molecular weight excluding hydrogens is 246 g/mol. The zero-order chi connectivity index (χ0) is 15.3. The highest BCUT2D eigenvalue weighted by molar-refractivity contribution is 5.35. The van der Waals surface area contributed by atoms with Gasteiger partial charge in [0.05, 0.1) is 6.04 Å². The molecule has 1 aromatic carbocycles. The monoisotopic (exact) mass is 277 g/mol. The van der Waals surface area contributed by atoms with Crippen LogP contribution in [-0.4, -0.2) is 23.5 Å². The van der Waals surface area contributed by atoms with Crippen LogP contribution in [0, 0.1) is 13.8 Å². The molecule has 0 amide bonds. The van der Waals surface area contributed by atoms with Gasteiger partial charge >= 0.3 is 0 Å². The van der Waals surface area contributed by atoms with Gasteiger partial charge in [-0.3, -0.25) is 16.2 Å². The van der Waals surface area contributed by atoms with Gasteiger partial charge in [-0.15, -0.1) is 0 Å². The van der Waals surface area contributed by atoms with E-state index in [1.165, 1.54) is 16.7 Å². The molecule has 0 aromatic heterocycles. The summed E-state index contributed by atoms with van der Waals surface area (Å²) in [6.45, 7) is 15.4. The van der Waals surface area contributed by atoms with E-state index < -0.39 is 0 Å². The van der Waals surface area contributed by atoms with Crippen molar-refractivity contribution in [3.63, 3.8) is 0 Å². The third-order valence-corrected chi connectivity index (χ3v) is 4.74. The lowest BCUT2D eigenvalue weighted by Gasteiger charge is -2.46. The van der Waals surface area contributed by atoms with Crippen molar-refractivity contribution in [1.29, 1.82) is 0 Å². The Balaban J connectivity index is 3.31. The van der Waals surface area contributed by atoms with Gasteiger partial charge in [-0.25, -0.2) is 0 Å². The minimum Gasteiger partial charge on any atom is -0.297 e. The minimum atomic E-state index is 0.0107. The Bertz CT molecular complexity index is 426. The molecule has 0 spiro atoms. The van der Waals surface area contributed by atoms with Gasteiger partial charge in [-0.1, -0.05) is 44.5 Å². The van der Waals surface area contributed by atoms with E-state index in [0.29, 0.717) is 0 Å². The number of nitrogens with two attached hydrogens (primary N) is 1. The molecule has 0 radical (unpaired) electrons. The van der Waals surface area contributed by atoms with Gasteiger partial charge in [-0.05, 0) is 51.4 Å². The molecule has 0 heterocycles. The molecule has 3 N–H and O–H groups in total. The molecule has 0 saturated carbocycles. The van der Waals surface area contributed by atoms with Gasteiger partial charge in [0.1, 0.15) is 0 Å². The zero-order valence-electron chi connectivity index (χ0n) is 14.0. The molecule has 0 aliphatic carbocycles. The summed E-state index contributed by atoms with van der Waals surface area (Å²) in [6.07, 6.45) is 1.05. The first-order valence-electron chi connectivity index (χ1n) is 7.72. The fraction of sp³-hybridized carbons (Fsp3) is 0.647. The van der Waals surface area contributed by atoms with Crippen molar-refractivity contribution >= 4 is 0 Å². The summed E-state index contributed by atoms with van der Waals surface area (Å²) in [4.78, 5) is 2.50. The standard InChI is InChI=1S/C17H31N3/c1-7-17(6,20(8-2)9-3)16(19-18)15-12-13(4)10-11-14(15)5/h10-12,16,19H,7-9,18H2,1-6H3. The van der Waals surface area contributed by atoms with E-state index in [9.17, 15) is 0 Å². The number of nitrogens with one attached hydrogen (secondary N) is 1. The first-order valence-corrected chi connectivity index (χ1v) is 7.72. The molecule has 114 valence electrons. The average Bonchev–Trinajstić information content (AvgIpc) is 2.44. The van der Waals surface area contributed by atoms with Crippen molar-refractivity contribution in [3.8, 4) is 0 Å². The quantitative estimate of drug-likeness (QED) is 0.593. The maximum Gasteiger partial charge on any atom is 0.0643 e. The molecule has 3 heteroatoms. The highest BCUT2D eigenvalue weighted by Crippen LogP contribution is 2.35. The summed E-state index contributed by atoms with van der Waals surface area (Å²) in [5.41, 5.74) is 6.98. The topological polar surface area (TPSA) is 41.3 Å². The SMILES string of the molecule is CCN(CC)C(C)(CC)C(NN)c1cc(C)ccc1C. The van der Waals surface area contributed by atoms with Gasteiger partial charge < -0.3 is 0 Å². The number of hydrogen-bond donors (Lipinski definition) is 2. The molecule has 2 unspecified atom stereocenters. The molecule has 0 aliphatic rings. The van der Waals surface area contributed by atoms with Crippen LogP contribution < -0.4 is 11.3 Å². The molecule has 2 atom stereocenters. The van der Waals surface area contributed by atoms with Crippen molar-refractivity contribution in [2.24, 2.45) is 5.84 Å². The molecule has 1 aromatic rings. The predicted molar refractivity (Wildman–Crippen MR) is 87.6 cm³/mol. The summed E-state index contributed by atoms with van der Waals surface area (Å²) in [7, 11) is 0. The van der Waals surface area contributed by atoms with Crippen molar-refractivity contribution in [1.82, 2.24) is 10.3 Å².